The number of hydrogen-bond donors (Lipinski definition) is 0. The van der Waals surface area contributed by atoms with Crippen molar-refractivity contribution in [2.45, 2.75) is 10.9 Å². The summed E-state index contributed by atoms with van der Waals surface area (Å²) in [4.78, 5) is 0. The van der Waals surface area contributed by atoms with Gasteiger partial charge in [-0.1, -0.05) is 45.9 Å². The maximum absolute atomic E-state index is 13.9. The average molecular weight is 394 g/mol. The van der Waals surface area contributed by atoms with Gasteiger partial charge in [-0.25, -0.2) is 4.39 Å². The van der Waals surface area contributed by atoms with E-state index in [9.17, 15) is 4.39 Å². The van der Waals surface area contributed by atoms with E-state index in [0.717, 1.165) is 15.9 Å². The normalized spacial score (nSPS) is 10.7. The first-order valence-corrected chi connectivity index (χ1v) is 8.57. The topological polar surface area (TPSA) is 39.9 Å². The summed E-state index contributed by atoms with van der Waals surface area (Å²) in [6.45, 7) is 0. The Hall–Kier alpha value is -1.86. The second-order valence-corrected chi connectivity index (χ2v) is 6.54. The summed E-state index contributed by atoms with van der Waals surface area (Å²) in [6.07, 6.45) is 1.62. The van der Waals surface area contributed by atoms with Crippen LogP contribution in [0.5, 0.6) is 5.75 Å². The minimum absolute atomic E-state index is 0.241. The smallest absolute Gasteiger partial charge is 0.196 e. The van der Waals surface area contributed by atoms with Crippen LogP contribution >= 0.6 is 27.7 Å². The highest BCUT2D eigenvalue weighted by Crippen LogP contribution is 2.29. The van der Waals surface area contributed by atoms with Gasteiger partial charge in [0.05, 0.1) is 12.8 Å². The van der Waals surface area contributed by atoms with Gasteiger partial charge in [0.25, 0.3) is 0 Å². The van der Waals surface area contributed by atoms with Crippen molar-refractivity contribution < 1.29 is 9.13 Å². The first kappa shape index (κ1) is 16.0. The van der Waals surface area contributed by atoms with Crippen LogP contribution in [-0.4, -0.2) is 21.9 Å². The van der Waals surface area contributed by atoms with Crippen LogP contribution < -0.4 is 4.74 Å². The Morgan fingerprint density at radius 3 is 2.87 bits per heavy atom. The second kappa shape index (κ2) is 7.14. The summed E-state index contributed by atoms with van der Waals surface area (Å²) in [5, 5.41) is 8.75. The molecule has 0 bridgehead atoms. The van der Waals surface area contributed by atoms with Crippen LogP contribution in [0.3, 0.4) is 0 Å². The van der Waals surface area contributed by atoms with Gasteiger partial charge in [0.1, 0.15) is 17.9 Å². The zero-order valence-electron chi connectivity index (χ0n) is 12.2. The van der Waals surface area contributed by atoms with Crippen molar-refractivity contribution in [3.05, 3.63) is 64.6 Å². The molecule has 118 valence electrons. The van der Waals surface area contributed by atoms with Crippen LogP contribution in [0.25, 0.3) is 5.69 Å². The van der Waals surface area contributed by atoms with Gasteiger partial charge >= 0.3 is 0 Å². The number of hydrogen-bond acceptors (Lipinski definition) is 4. The fourth-order valence-electron chi connectivity index (χ4n) is 2.10. The van der Waals surface area contributed by atoms with Gasteiger partial charge in [-0.05, 0) is 29.8 Å². The monoisotopic (exact) mass is 393 g/mol. The highest BCUT2D eigenvalue weighted by atomic mass is 79.9. The molecule has 0 spiro atoms. The summed E-state index contributed by atoms with van der Waals surface area (Å²) < 4.78 is 21.8. The molecule has 7 heteroatoms. The van der Waals surface area contributed by atoms with Gasteiger partial charge in [0, 0.05) is 10.2 Å². The molecule has 0 aliphatic heterocycles. The molecule has 4 nitrogen and oxygen atoms in total. The first-order valence-electron chi connectivity index (χ1n) is 6.79. The molecule has 0 atom stereocenters. The Kier molecular flexibility index (Phi) is 4.97. The van der Waals surface area contributed by atoms with Crippen LogP contribution in [0.1, 0.15) is 5.56 Å². The number of para-hydroxylation sites is 2. The minimum atomic E-state index is -0.241. The predicted octanol–water partition coefficient (Wildman–Crippen LogP) is 4.47. The molecule has 3 aromatic rings. The number of ether oxygens (including phenoxy) is 1. The highest BCUT2D eigenvalue weighted by molar-refractivity contribution is 9.10. The van der Waals surface area contributed by atoms with Crippen LogP contribution in [0, 0.1) is 5.82 Å². The van der Waals surface area contributed by atoms with E-state index >= 15 is 0 Å². The van der Waals surface area contributed by atoms with E-state index in [2.05, 4.69) is 26.1 Å². The van der Waals surface area contributed by atoms with E-state index in [4.69, 9.17) is 4.74 Å². The van der Waals surface area contributed by atoms with E-state index in [0.29, 0.717) is 16.5 Å². The summed E-state index contributed by atoms with van der Waals surface area (Å²) in [6, 6.07) is 12.7. The van der Waals surface area contributed by atoms with Crippen molar-refractivity contribution in [3.63, 3.8) is 0 Å². The second-order valence-electron chi connectivity index (χ2n) is 4.68. The number of thioether (sulfide) groups is 1. The molecule has 0 radical (unpaired) electrons. The number of benzene rings is 2. The van der Waals surface area contributed by atoms with Gasteiger partial charge in [-0.2, -0.15) is 0 Å². The third-order valence-corrected chi connectivity index (χ3v) is 4.72. The lowest BCUT2D eigenvalue weighted by Gasteiger charge is -2.10. The molecule has 0 saturated heterocycles. The molecule has 3 rings (SSSR count). The number of rotatable bonds is 5. The van der Waals surface area contributed by atoms with E-state index in [-0.39, 0.29) is 5.82 Å². The lowest BCUT2D eigenvalue weighted by atomic mass is 10.2. The zero-order chi connectivity index (χ0) is 16.2. The van der Waals surface area contributed by atoms with Gasteiger partial charge in [-0.3, -0.25) is 4.57 Å². The molecule has 0 unspecified atom stereocenters. The third-order valence-electron chi connectivity index (χ3n) is 3.23. The zero-order valence-corrected chi connectivity index (χ0v) is 14.6. The maximum atomic E-state index is 13.9. The molecular formula is C16H13BrFN3OS. The van der Waals surface area contributed by atoms with Crippen molar-refractivity contribution in [1.82, 2.24) is 14.8 Å². The number of methoxy groups -OCH3 is 1. The van der Waals surface area contributed by atoms with Crippen molar-refractivity contribution in [3.8, 4) is 11.4 Å². The van der Waals surface area contributed by atoms with Crippen molar-refractivity contribution in [2.75, 3.05) is 7.11 Å². The van der Waals surface area contributed by atoms with Gasteiger partial charge in [0.2, 0.25) is 0 Å². The number of aromatic nitrogens is 3. The minimum Gasteiger partial charge on any atom is -0.495 e. The largest absolute Gasteiger partial charge is 0.495 e. The molecule has 2 aromatic carbocycles. The standard InChI is InChI=1S/C16H13BrFN3OS/c1-22-15-5-3-2-4-14(15)21-10-19-20-16(21)23-9-11-6-7-12(17)8-13(11)18/h2-8,10H,9H2,1H3. The van der Waals surface area contributed by atoms with Gasteiger partial charge < -0.3 is 4.74 Å². The molecule has 0 amide bonds. The fraction of sp³-hybridized carbons (Fsp3) is 0.125. The maximum Gasteiger partial charge on any atom is 0.196 e. The fourth-order valence-corrected chi connectivity index (χ4v) is 3.34. The van der Waals surface area contributed by atoms with Gasteiger partial charge in [-0.15, -0.1) is 10.2 Å². The van der Waals surface area contributed by atoms with Gasteiger partial charge in [0.15, 0.2) is 5.16 Å². The molecule has 1 aromatic heterocycles. The number of halogens is 2. The lowest BCUT2D eigenvalue weighted by Crippen LogP contribution is -1.99. The SMILES string of the molecule is COc1ccccc1-n1cnnc1SCc1ccc(Br)cc1F. The summed E-state index contributed by atoms with van der Waals surface area (Å²) in [5.41, 5.74) is 1.46. The Morgan fingerprint density at radius 1 is 1.26 bits per heavy atom. The van der Waals surface area contributed by atoms with E-state index in [1.807, 2.05) is 34.9 Å². The molecular weight excluding hydrogens is 381 g/mol. The van der Waals surface area contributed by atoms with Crippen LogP contribution in [0.4, 0.5) is 4.39 Å². The Morgan fingerprint density at radius 2 is 2.09 bits per heavy atom. The molecule has 0 fully saturated rings. The van der Waals surface area contributed by atoms with Crippen LogP contribution in [-0.2, 0) is 5.75 Å². The van der Waals surface area contributed by atoms with Crippen molar-refractivity contribution in [1.29, 1.82) is 0 Å². The Labute approximate surface area is 145 Å². The van der Waals surface area contributed by atoms with Crippen molar-refractivity contribution in [2.24, 2.45) is 0 Å². The summed E-state index contributed by atoms with van der Waals surface area (Å²) in [7, 11) is 1.62. The molecule has 1 heterocycles. The Bertz CT molecular complexity index is 825. The molecule has 23 heavy (non-hydrogen) atoms. The molecule has 0 saturated carbocycles. The van der Waals surface area contributed by atoms with Crippen LogP contribution in [0.2, 0.25) is 0 Å². The summed E-state index contributed by atoms with van der Waals surface area (Å²) >= 11 is 4.68. The Balaban J connectivity index is 1.84. The number of nitrogens with zero attached hydrogens (tertiary/aromatic N) is 3. The van der Waals surface area contributed by atoms with E-state index < -0.39 is 0 Å². The molecule has 0 aliphatic rings. The van der Waals surface area contributed by atoms with E-state index in [1.54, 1.807) is 19.5 Å². The van der Waals surface area contributed by atoms with Crippen molar-refractivity contribution >= 4 is 27.7 Å². The molecule has 0 aliphatic carbocycles. The average Bonchev–Trinajstić information content (AvgIpc) is 3.02. The third kappa shape index (κ3) is 3.56. The van der Waals surface area contributed by atoms with Crippen LogP contribution in [0.15, 0.2) is 58.4 Å². The molecule has 0 N–H and O–H groups in total. The summed E-state index contributed by atoms with van der Waals surface area (Å²) in [5.74, 6) is 0.951. The lowest BCUT2D eigenvalue weighted by molar-refractivity contribution is 0.412. The highest BCUT2D eigenvalue weighted by Gasteiger charge is 2.12. The predicted molar refractivity (Wildman–Crippen MR) is 91.6 cm³/mol. The first-order chi connectivity index (χ1) is 11.2. The quantitative estimate of drug-likeness (QED) is 0.599. The van der Waals surface area contributed by atoms with E-state index in [1.165, 1.54) is 17.8 Å².